The van der Waals surface area contributed by atoms with Crippen molar-refractivity contribution in [1.82, 2.24) is 10.2 Å². The van der Waals surface area contributed by atoms with Crippen molar-refractivity contribution >= 4 is 12.0 Å². The predicted octanol–water partition coefficient (Wildman–Crippen LogP) is 3.10. The molecule has 5 heteroatoms. The second kappa shape index (κ2) is 7.14. The summed E-state index contributed by atoms with van der Waals surface area (Å²) >= 11 is 0. The van der Waals surface area contributed by atoms with Gasteiger partial charge >= 0.3 is 12.0 Å². The highest BCUT2D eigenvalue weighted by Crippen LogP contribution is 2.29. The lowest BCUT2D eigenvalue weighted by molar-refractivity contribution is -0.142. The molecule has 0 unspecified atom stereocenters. The fourth-order valence-electron chi connectivity index (χ4n) is 2.98. The van der Waals surface area contributed by atoms with Crippen LogP contribution in [-0.4, -0.2) is 41.1 Å². The number of nitrogens with zero attached hydrogens (tertiary/aromatic N) is 1. The van der Waals surface area contributed by atoms with Crippen molar-refractivity contribution in [2.45, 2.75) is 71.9 Å². The van der Waals surface area contributed by atoms with Crippen LogP contribution < -0.4 is 5.32 Å². The fourth-order valence-corrected chi connectivity index (χ4v) is 2.98. The average molecular weight is 298 g/mol. The third kappa shape index (κ3) is 4.90. The van der Waals surface area contributed by atoms with Crippen molar-refractivity contribution in [3.05, 3.63) is 0 Å². The molecule has 0 aromatic rings. The molecule has 1 saturated carbocycles. The Bertz CT molecular complexity index is 368. The Morgan fingerprint density at radius 1 is 1.24 bits per heavy atom. The van der Waals surface area contributed by atoms with Crippen LogP contribution in [0.25, 0.3) is 0 Å². The van der Waals surface area contributed by atoms with E-state index in [9.17, 15) is 14.7 Å². The van der Waals surface area contributed by atoms with Gasteiger partial charge in [-0.25, -0.2) is 9.59 Å². The molecule has 1 rings (SSSR count). The first kappa shape index (κ1) is 17.8. The van der Waals surface area contributed by atoms with Crippen LogP contribution in [0.2, 0.25) is 0 Å². The Morgan fingerprint density at radius 3 is 2.14 bits per heavy atom. The van der Waals surface area contributed by atoms with Gasteiger partial charge in [-0.05, 0) is 37.0 Å². The fraction of sp³-hybridized carbons (Fsp3) is 0.875. The number of rotatable bonds is 4. The van der Waals surface area contributed by atoms with Crippen LogP contribution in [0.4, 0.5) is 4.79 Å². The maximum Gasteiger partial charge on any atom is 0.326 e. The van der Waals surface area contributed by atoms with Gasteiger partial charge in [-0.15, -0.1) is 0 Å². The molecule has 0 radical (unpaired) electrons. The molecular formula is C16H30N2O3. The number of amides is 2. The highest BCUT2D eigenvalue weighted by atomic mass is 16.4. The van der Waals surface area contributed by atoms with Gasteiger partial charge in [0.15, 0.2) is 0 Å². The Kier molecular flexibility index (Phi) is 6.05. The van der Waals surface area contributed by atoms with Gasteiger partial charge in [-0.1, -0.05) is 34.1 Å². The minimum absolute atomic E-state index is 0.224. The maximum absolute atomic E-state index is 12.3. The van der Waals surface area contributed by atoms with E-state index in [1.54, 1.807) is 11.9 Å². The van der Waals surface area contributed by atoms with E-state index in [1.165, 1.54) is 6.42 Å². The first-order chi connectivity index (χ1) is 9.66. The van der Waals surface area contributed by atoms with E-state index in [-0.39, 0.29) is 12.1 Å². The topological polar surface area (TPSA) is 69.6 Å². The molecule has 0 aliphatic heterocycles. The minimum Gasteiger partial charge on any atom is -0.480 e. The normalized spacial score (nSPS) is 24.2. The summed E-state index contributed by atoms with van der Waals surface area (Å²) in [6.07, 6.45) is 5.53. The predicted molar refractivity (Wildman–Crippen MR) is 83.2 cm³/mol. The van der Waals surface area contributed by atoms with Gasteiger partial charge in [0.25, 0.3) is 0 Å². The number of urea groups is 1. The number of carboxylic acid groups (broad SMARTS) is 1. The molecule has 1 aliphatic carbocycles. The van der Waals surface area contributed by atoms with Crippen LogP contribution in [0.1, 0.15) is 59.8 Å². The van der Waals surface area contributed by atoms with Crippen molar-refractivity contribution in [1.29, 1.82) is 0 Å². The lowest BCUT2D eigenvalue weighted by Crippen LogP contribution is -2.54. The van der Waals surface area contributed by atoms with Crippen LogP contribution in [0.5, 0.6) is 0 Å². The van der Waals surface area contributed by atoms with E-state index < -0.39 is 17.4 Å². The standard InChI is InChI=1S/C16H30N2O3/c1-6-11-7-9-12(10-8-11)18(5)15(21)17-13(14(19)20)16(2,3)4/h11-13H,6-10H2,1-5H3,(H,17,21)(H,19,20)/t11?,12?,13-/m0/s1. The lowest BCUT2D eigenvalue weighted by atomic mass is 9.84. The largest absolute Gasteiger partial charge is 0.480 e. The highest BCUT2D eigenvalue weighted by molar-refractivity contribution is 5.83. The molecule has 0 saturated heterocycles. The highest BCUT2D eigenvalue weighted by Gasteiger charge is 2.34. The molecule has 0 bridgehead atoms. The Morgan fingerprint density at radius 2 is 1.76 bits per heavy atom. The zero-order valence-corrected chi connectivity index (χ0v) is 14.0. The summed E-state index contributed by atoms with van der Waals surface area (Å²) in [5.74, 6) is -0.210. The lowest BCUT2D eigenvalue weighted by Gasteiger charge is -2.36. The molecular weight excluding hydrogens is 268 g/mol. The van der Waals surface area contributed by atoms with Crippen LogP contribution in [0.15, 0.2) is 0 Å². The van der Waals surface area contributed by atoms with Crippen molar-refractivity contribution in [2.24, 2.45) is 11.3 Å². The number of carbonyl (C=O) groups is 2. The summed E-state index contributed by atoms with van der Waals surface area (Å²) in [4.78, 5) is 25.3. The summed E-state index contributed by atoms with van der Waals surface area (Å²) in [5, 5.41) is 11.9. The molecule has 0 aromatic heterocycles. The van der Waals surface area contributed by atoms with Crippen molar-refractivity contribution in [3.63, 3.8) is 0 Å². The zero-order chi connectivity index (χ0) is 16.2. The van der Waals surface area contributed by atoms with Crippen LogP contribution in [0.3, 0.4) is 0 Å². The quantitative estimate of drug-likeness (QED) is 0.838. The number of hydrogen-bond acceptors (Lipinski definition) is 2. The van der Waals surface area contributed by atoms with Gasteiger partial charge in [0.1, 0.15) is 6.04 Å². The van der Waals surface area contributed by atoms with Crippen LogP contribution in [-0.2, 0) is 4.79 Å². The molecule has 21 heavy (non-hydrogen) atoms. The summed E-state index contributed by atoms with van der Waals surface area (Å²) in [7, 11) is 1.77. The number of carboxylic acids is 1. The Hall–Kier alpha value is -1.26. The second-order valence-electron chi connectivity index (χ2n) is 7.28. The molecule has 122 valence electrons. The third-order valence-electron chi connectivity index (χ3n) is 4.64. The second-order valence-corrected chi connectivity index (χ2v) is 7.28. The number of hydrogen-bond donors (Lipinski definition) is 2. The van der Waals surface area contributed by atoms with E-state index in [4.69, 9.17) is 0 Å². The molecule has 2 amide bonds. The van der Waals surface area contributed by atoms with E-state index >= 15 is 0 Å². The summed E-state index contributed by atoms with van der Waals surface area (Å²) in [6.45, 7) is 7.66. The number of aliphatic carboxylic acids is 1. The SMILES string of the molecule is CCC1CCC(N(C)C(=O)N[C@@H](C(=O)O)C(C)(C)C)CC1. The van der Waals surface area contributed by atoms with Crippen molar-refractivity contribution in [2.75, 3.05) is 7.05 Å². The van der Waals surface area contributed by atoms with E-state index in [0.717, 1.165) is 31.6 Å². The maximum atomic E-state index is 12.3. The third-order valence-corrected chi connectivity index (χ3v) is 4.64. The first-order valence-corrected chi connectivity index (χ1v) is 7.93. The molecule has 0 heterocycles. The average Bonchev–Trinajstić information content (AvgIpc) is 2.42. The van der Waals surface area contributed by atoms with E-state index in [0.29, 0.717) is 0 Å². The van der Waals surface area contributed by atoms with Gasteiger partial charge in [-0.3, -0.25) is 0 Å². The first-order valence-electron chi connectivity index (χ1n) is 7.93. The van der Waals surface area contributed by atoms with Crippen molar-refractivity contribution < 1.29 is 14.7 Å². The summed E-state index contributed by atoms with van der Waals surface area (Å²) < 4.78 is 0. The van der Waals surface area contributed by atoms with Crippen molar-refractivity contribution in [3.8, 4) is 0 Å². The Balaban J connectivity index is 2.60. The van der Waals surface area contributed by atoms with Gasteiger partial charge in [0.2, 0.25) is 0 Å². The molecule has 1 fully saturated rings. The van der Waals surface area contributed by atoms with E-state index in [1.807, 2.05) is 20.8 Å². The van der Waals surface area contributed by atoms with E-state index in [2.05, 4.69) is 12.2 Å². The summed E-state index contributed by atoms with van der Waals surface area (Å²) in [5.41, 5.74) is -0.512. The van der Waals surface area contributed by atoms with Crippen LogP contribution >= 0.6 is 0 Å². The number of nitrogens with one attached hydrogen (secondary N) is 1. The molecule has 2 N–H and O–H groups in total. The number of carbonyl (C=O) groups excluding carboxylic acids is 1. The molecule has 5 nitrogen and oxygen atoms in total. The molecule has 1 aliphatic rings. The smallest absolute Gasteiger partial charge is 0.326 e. The minimum atomic E-state index is -0.987. The molecule has 1 atom stereocenters. The van der Waals surface area contributed by atoms with Gasteiger partial charge in [-0.2, -0.15) is 0 Å². The molecule has 0 aromatic carbocycles. The van der Waals surface area contributed by atoms with Gasteiger partial charge in [0.05, 0.1) is 0 Å². The van der Waals surface area contributed by atoms with Crippen LogP contribution in [0, 0.1) is 11.3 Å². The summed E-state index contributed by atoms with van der Waals surface area (Å²) in [6, 6.07) is -0.932. The van der Waals surface area contributed by atoms with Gasteiger partial charge in [0, 0.05) is 13.1 Å². The Labute approximate surface area is 128 Å². The zero-order valence-electron chi connectivity index (χ0n) is 14.0. The monoisotopic (exact) mass is 298 g/mol. The van der Waals surface area contributed by atoms with Gasteiger partial charge < -0.3 is 15.3 Å². The molecule has 0 spiro atoms.